The second kappa shape index (κ2) is 6.40. The van der Waals surface area contributed by atoms with Gasteiger partial charge in [0.1, 0.15) is 9.23 Å². The molecule has 0 amide bonds. The van der Waals surface area contributed by atoms with Crippen LogP contribution in [0.2, 0.25) is 8.67 Å². The standard InChI is InChI=1S/C15H13Cl2N3O2S2/c1-9-7-10(2)20(18-9)12-6-4-3-5-11(12)19-24(21,22)13-8-14(16)23-15(13)17/h3-8,19H,1-2H3. The lowest BCUT2D eigenvalue weighted by Crippen LogP contribution is -2.15. The molecule has 5 nitrogen and oxygen atoms in total. The minimum Gasteiger partial charge on any atom is -0.277 e. The lowest BCUT2D eigenvalue weighted by molar-refractivity contribution is 0.601. The van der Waals surface area contributed by atoms with E-state index in [4.69, 9.17) is 23.2 Å². The van der Waals surface area contributed by atoms with Crippen LogP contribution in [0.5, 0.6) is 0 Å². The quantitative estimate of drug-likeness (QED) is 0.691. The van der Waals surface area contributed by atoms with Crippen LogP contribution in [0.4, 0.5) is 5.69 Å². The highest BCUT2D eigenvalue weighted by molar-refractivity contribution is 7.93. The second-order valence-corrected chi connectivity index (χ2v) is 9.09. The van der Waals surface area contributed by atoms with E-state index in [-0.39, 0.29) is 9.23 Å². The van der Waals surface area contributed by atoms with Crippen molar-refractivity contribution in [2.24, 2.45) is 0 Å². The lowest BCUT2D eigenvalue weighted by atomic mass is 10.2. The van der Waals surface area contributed by atoms with Crippen LogP contribution >= 0.6 is 34.5 Å². The van der Waals surface area contributed by atoms with Gasteiger partial charge in [-0.1, -0.05) is 35.3 Å². The van der Waals surface area contributed by atoms with Gasteiger partial charge in [-0.25, -0.2) is 13.1 Å². The summed E-state index contributed by atoms with van der Waals surface area (Å²) in [6.45, 7) is 3.78. The molecule has 2 heterocycles. The molecular formula is C15H13Cl2N3O2S2. The summed E-state index contributed by atoms with van der Waals surface area (Å²) in [5.74, 6) is 0. The number of rotatable bonds is 4. The van der Waals surface area contributed by atoms with E-state index in [1.165, 1.54) is 6.07 Å². The summed E-state index contributed by atoms with van der Waals surface area (Å²) in [5, 5.41) is 4.40. The van der Waals surface area contributed by atoms with Crippen LogP contribution in [0, 0.1) is 13.8 Å². The first-order chi connectivity index (χ1) is 11.3. The van der Waals surface area contributed by atoms with E-state index in [2.05, 4.69) is 9.82 Å². The minimum atomic E-state index is -3.86. The number of sulfonamides is 1. The van der Waals surface area contributed by atoms with E-state index >= 15 is 0 Å². The van der Waals surface area contributed by atoms with Gasteiger partial charge in [-0.15, -0.1) is 11.3 Å². The fourth-order valence-electron chi connectivity index (χ4n) is 2.33. The zero-order valence-electron chi connectivity index (χ0n) is 12.7. The van der Waals surface area contributed by atoms with Crippen molar-refractivity contribution in [3.05, 3.63) is 56.5 Å². The zero-order valence-corrected chi connectivity index (χ0v) is 15.9. The van der Waals surface area contributed by atoms with Crippen molar-refractivity contribution < 1.29 is 8.42 Å². The first-order valence-electron chi connectivity index (χ1n) is 6.88. The molecule has 2 aromatic heterocycles. The molecule has 0 radical (unpaired) electrons. The Kier molecular flexibility index (Phi) is 4.61. The van der Waals surface area contributed by atoms with Crippen LogP contribution in [0.3, 0.4) is 0 Å². The van der Waals surface area contributed by atoms with Gasteiger partial charge in [0.05, 0.1) is 21.4 Å². The van der Waals surface area contributed by atoms with E-state index in [9.17, 15) is 8.42 Å². The molecule has 9 heteroatoms. The summed E-state index contributed by atoms with van der Waals surface area (Å²) in [5.41, 5.74) is 2.78. The van der Waals surface area contributed by atoms with Gasteiger partial charge in [0.15, 0.2) is 0 Å². The lowest BCUT2D eigenvalue weighted by Gasteiger charge is -2.13. The Hall–Kier alpha value is -1.54. The van der Waals surface area contributed by atoms with Gasteiger partial charge in [0, 0.05) is 5.69 Å². The van der Waals surface area contributed by atoms with Gasteiger partial charge in [0.25, 0.3) is 10.0 Å². The molecule has 126 valence electrons. The highest BCUT2D eigenvalue weighted by atomic mass is 35.5. The fraction of sp³-hybridized carbons (Fsp3) is 0.133. The summed E-state index contributed by atoms with van der Waals surface area (Å²) in [6, 6.07) is 10.3. The fourth-order valence-corrected chi connectivity index (χ4v) is 5.55. The number of anilines is 1. The average Bonchev–Trinajstić information content (AvgIpc) is 3.01. The molecule has 0 spiro atoms. The molecular weight excluding hydrogens is 389 g/mol. The zero-order chi connectivity index (χ0) is 17.5. The van der Waals surface area contributed by atoms with Gasteiger partial charge in [-0.3, -0.25) is 4.72 Å². The highest BCUT2D eigenvalue weighted by Gasteiger charge is 2.22. The van der Waals surface area contributed by atoms with Crippen molar-refractivity contribution >= 4 is 50.2 Å². The second-order valence-electron chi connectivity index (χ2n) is 5.15. The van der Waals surface area contributed by atoms with Gasteiger partial charge in [-0.05, 0) is 38.1 Å². The molecule has 0 aliphatic carbocycles. The number of hydrogen-bond acceptors (Lipinski definition) is 4. The summed E-state index contributed by atoms with van der Waals surface area (Å²) in [7, 11) is -3.86. The average molecular weight is 402 g/mol. The molecule has 0 saturated carbocycles. The monoisotopic (exact) mass is 401 g/mol. The van der Waals surface area contributed by atoms with Crippen molar-refractivity contribution in [3.8, 4) is 5.69 Å². The van der Waals surface area contributed by atoms with Crippen LogP contribution in [-0.4, -0.2) is 18.2 Å². The topological polar surface area (TPSA) is 64.0 Å². The van der Waals surface area contributed by atoms with E-state index in [1.807, 2.05) is 26.0 Å². The van der Waals surface area contributed by atoms with E-state index in [1.54, 1.807) is 22.9 Å². The molecule has 1 aromatic carbocycles. The molecule has 3 rings (SSSR count). The van der Waals surface area contributed by atoms with Gasteiger partial charge in [0.2, 0.25) is 0 Å². The third-order valence-electron chi connectivity index (χ3n) is 3.30. The Balaban J connectivity index is 2.05. The molecule has 0 unspecified atom stereocenters. The molecule has 24 heavy (non-hydrogen) atoms. The molecule has 0 aliphatic rings. The maximum absolute atomic E-state index is 12.6. The van der Waals surface area contributed by atoms with Crippen molar-refractivity contribution in [3.63, 3.8) is 0 Å². The molecule has 0 atom stereocenters. The Bertz CT molecular complexity index is 1010. The summed E-state index contributed by atoms with van der Waals surface area (Å²) in [6.07, 6.45) is 0. The third-order valence-corrected chi connectivity index (χ3v) is 6.42. The molecule has 1 N–H and O–H groups in total. The van der Waals surface area contributed by atoms with E-state index in [0.29, 0.717) is 15.7 Å². The molecule has 0 aliphatic heterocycles. The summed E-state index contributed by atoms with van der Waals surface area (Å²) < 4.78 is 30.0. The number of aryl methyl sites for hydroxylation is 2. The predicted molar refractivity (Wildman–Crippen MR) is 98.2 cm³/mol. The first-order valence-corrected chi connectivity index (χ1v) is 9.94. The number of nitrogens with zero attached hydrogens (tertiary/aromatic N) is 2. The SMILES string of the molecule is Cc1cc(C)n(-c2ccccc2NS(=O)(=O)c2cc(Cl)sc2Cl)n1. The van der Waals surface area contributed by atoms with Crippen molar-refractivity contribution in [1.29, 1.82) is 0 Å². The van der Waals surface area contributed by atoms with Crippen LogP contribution < -0.4 is 4.72 Å². The predicted octanol–water partition coefficient (Wildman–Crippen LogP) is 4.66. The van der Waals surface area contributed by atoms with E-state index in [0.717, 1.165) is 22.7 Å². The van der Waals surface area contributed by atoms with Crippen LogP contribution in [0.1, 0.15) is 11.4 Å². The van der Waals surface area contributed by atoms with Crippen LogP contribution in [-0.2, 0) is 10.0 Å². The number of halogens is 2. The number of para-hydroxylation sites is 2. The van der Waals surface area contributed by atoms with Crippen molar-refractivity contribution in [1.82, 2.24) is 9.78 Å². The largest absolute Gasteiger partial charge is 0.277 e. The third kappa shape index (κ3) is 3.30. The number of benzene rings is 1. The van der Waals surface area contributed by atoms with Gasteiger partial charge >= 0.3 is 0 Å². The molecule has 0 fully saturated rings. The molecule has 3 aromatic rings. The minimum absolute atomic E-state index is 0.0395. The van der Waals surface area contributed by atoms with Gasteiger partial charge in [-0.2, -0.15) is 5.10 Å². The number of thiophene rings is 1. The Morgan fingerprint density at radius 1 is 1.17 bits per heavy atom. The number of aromatic nitrogens is 2. The highest BCUT2D eigenvalue weighted by Crippen LogP contribution is 2.35. The number of hydrogen-bond donors (Lipinski definition) is 1. The first kappa shape index (κ1) is 17.3. The molecule has 0 saturated heterocycles. The Morgan fingerprint density at radius 2 is 1.88 bits per heavy atom. The normalized spacial score (nSPS) is 11.7. The number of nitrogens with one attached hydrogen (secondary N) is 1. The van der Waals surface area contributed by atoms with Crippen LogP contribution in [0.15, 0.2) is 41.3 Å². The summed E-state index contributed by atoms with van der Waals surface area (Å²) >= 11 is 12.8. The maximum atomic E-state index is 12.6. The Morgan fingerprint density at radius 3 is 2.46 bits per heavy atom. The molecule has 0 bridgehead atoms. The van der Waals surface area contributed by atoms with Gasteiger partial charge < -0.3 is 0 Å². The Labute approximate surface area is 153 Å². The smallest absolute Gasteiger partial charge is 0.264 e. The van der Waals surface area contributed by atoms with Crippen molar-refractivity contribution in [2.45, 2.75) is 18.7 Å². The van der Waals surface area contributed by atoms with E-state index < -0.39 is 10.0 Å². The summed E-state index contributed by atoms with van der Waals surface area (Å²) in [4.78, 5) is -0.0395. The van der Waals surface area contributed by atoms with Crippen molar-refractivity contribution in [2.75, 3.05) is 4.72 Å². The maximum Gasteiger partial charge on any atom is 0.264 e. The van der Waals surface area contributed by atoms with Crippen LogP contribution in [0.25, 0.3) is 5.69 Å².